The summed E-state index contributed by atoms with van der Waals surface area (Å²) in [5.41, 5.74) is 0.532. The van der Waals surface area contributed by atoms with Crippen LogP contribution in [0.15, 0.2) is 64.5 Å². The minimum atomic E-state index is -3.61. The lowest BCUT2D eigenvalue weighted by atomic mass is 10.2. The molecule has 0 atom stereocenters. The molecular weight excluding hydrogens is 335 g/mol. The van der Waals surface area contributed by atoms with Crippen LogP contribution >= 0.6 is 11.8 Å². The Morgan fingerprint density at radius 3 is 2.52 bits per heavy atom. The summed E-state index contributed by atoms with van der Waals surface area (Å²) in [6, 6.07) is 14.7. The molecule has 4 nitrogen and oxygen atoms in total. The van der Waals surface area contributed by atoms with E-state index in [1.54, 1.807) is 48.5 Å². The lowest BCUT2D eigenvalue weighted by molar-refractivity contribution is 0.540. The predicted molar refractivity (Wildman–Crippen MR) is 90.3 cm³/mol. The fraction of sp³-hybridized carbons (Fsp3) is 0.188. The number of amidine groups is 1. The van der Waals surface area contributed by atoms with Crippen LogP contribution in [0.25, 0.3) is 0 Å². The SMILES string of the molecule is O=S(=O)(c1ccccc1)N1CCN=C1SCc1ccccc1F. The average Bonchev–Trinajstić information content (AvgIpc) is 3.04. The van der Waals surface area contributed by atoms with Crippen molar-refractivity contribution in [1.29, 1.82) is 0 Å². The number of hydrogen-bond acceptors (Lipinski definition) is 4. The van der Waals surface area contributed by atoms with Crippen molar-refractivity contribution in [2.24, 2.45) is 4.99 Å². The Labute approximate surface area is 139 Å². The maximum absolute atomic E-state index is 13.7. The van der Waals surface area contributed by atoms with Crippen molar-refractivity contribution in [2.45, 2.75) is 10.6 Å². The van der Waals surface area contributed by atoms with Crippen LogP contribution in [0.5, 0.6) is 0 Å². The fourth-order valence-corrected chi connectivity index (χ4v) is 4.96. The Morgan fingerprint density at radius 1 is 1.09 bits per heavy atom. The highest BCUT2D eigenvalue weighted by Gasteiger charge is 2.30. The van der Waals surface area contributed by atoms with Gasteiger partial charge in [0.25, 0.3) is 10.0 Å². The molecule has 2 aromatic rings. The molecule has 0 aromatic heterocycles. The maximum atomic E-state index is 13.7. The first-order chi connectivity index (χ1) is 11.1. The van der Waals surface area contributed by atoms with Crippen molar-refractivity contribution in [3.8, 4) is 0 Å². The van der Waals surface area contributed by atoms with Gasteiger partial charge in [0.1, 0.15) is 5.82 Å². The van der Waals surface area contributed by atoms with E-state index in [1.807, 2.05) is 0 Å². The minimum absolute atomic E-state index is 0.237. The Morgan fingerprint density at radius 2 is 1.78 bits per heavy atom. The highest BCUT2D eigenvalue weighted by atomic mass is 32.2. The van der Waals surface area contributed by atoms with Crippen LogP contribution in [0.2, 0.25) is 0 Å². The summed E-state index contributed by atoms with van der Waals surface area (Å²) in [5, 5.41) is 0.414. The lowest BCUT2D eigenvalue weighted by Crippen LogP contribution is -2.32. The third kappa shape index (κ3) is 3.40. The summed E-state index contributed by atoms with van der Waals surface area (Å²) in [6.45, 7) is 0.739. The summed E-state index contributed by atoms with van der Waals surface area (Å²) in [7, 11) is -3.61. The Kier molecular flexibility index (Phi) is 4.68. The van der Waals surface area contributed by atoms with Crippen LogP contribution in [0, 0.1) is 5.82 Å². The molecule has 0 saturated carbocycles. The predicted octanol–water partition coefficient (Wildman–Crippen LogP) is 3.12. The van der Waals surface area contributed by atoms with E-state index in [2.05, 4.69) is 4.99 Å². The van der Waals surface area contributed by atoms with E-state index in [0.29, 0.717) is 29.6 Å². The molecular formula is C16H15FN2O2S2. The molecule has 2 aromatic carbocycles. The van der Waals surface area contributed by atoms with Crippen LogP contribution in [0.1, 0.15) is 5.56 Å². The molecule has 0 spiro atoms. The third-order valence-corrected chi connectivity index (χ3v) is 6.39. The largest absolute Gasteiger partial charge is 0.265 e. The van der Waals surface area contributed by atoms with Crippen LogP contribution in [-0.4, -0.2) is 31.0 Å². The van der Waals surface area contributed by atoms with E-state index in [0.717, 1.165) is 0 Å². The first-order valence-corrected chi connectivity index (χ1v) is 9.50. The monoisotopic (exact) mass is 350 g/mol. The molecule has 0 fully saturated rings. The Balaban J connectivity index is 1.77. The molecule has 120 valence electrons. The van der Waals surface area contributed by atoms with Gasteiger partial charge >= 0.3 is 0 Å². The van der Waals surface area contributed by atoms with Gasteiger partial charge in [-0.05, 0) is 23.8 Å². The molecule has 0 saturated heterocycles. The molecule has 0 bridgehead atoms. The Hall–Kier alpha value is -1.86. The van der Waals surface area contributed by atoms with Gasteiger partial charge in [0.05, 0.1) is 18.0 Å². The van der Waals surface area contributed by atoms with Crippen LogP contribution in [0.4, 0.5) is 4.39 Å². The van der Waals surface area contributed by atoms with E-state index in [4.69, 9.17) is 0 Å². The normalized spacial score (nSPS) is 14.8. The summed E-state index contributed by atoms with van der Waals surface area (Å²) in [4.78, 5) is 4.49. The standard InChI is InChI=1S/C16H15FN2O2S2/c17-15-9-5-4-6-13(15)12-22-16-18-10-11-19(16)23(20,21)14-7-2-1-3-8-14/h1-9H,10-12H2. The number of aliphatic imine (C=N–C) groups is 1. The molecule has 23 heavy (non-hydrogen) atoms. The number of halogens is 1. The molecule has 0 unspecified atom stereocenters. The smallest absolute Gasteiger partial charge is 0.260 e. The van der Waals surface area contributed by atoms with Gasteiger partial charge in [-0.3, -0.25) is 4.99 Å². The van der Waals surface area contributed by atoms with Crippen LogP contribution in [-0.2, 0) is 15.8 Å². The molecule has 3 rings (SSSR count). The van der Waals surface area contributed by atoms with Crippen molar-refractivity contribution in [1.82, 2.24) is 4.31 Å². The summed E-state index contributed by atoms with van der Waals surface area (Å²) in [5.74, 6) is 0.0443. The number of nitrogens with zero attached hydrogens (tertiary/aromatic N) is 2. The molecule has 1 aliphatic heterocycles. The lowest BCUT2D eigenvalue weighted by Gasteiger charge is -2.19. The zero-order valence-electron chi connectivity index (χ0n) is 12.2. The highest BCUT2D eigenvalue weighted by Crippen LogP contribution is 2.26. The fourth-order valence-electron chi connectivity index (χ4n) is 2.23. The number of thioether (sulfide) groups is 1. The van der Waals surface area contributed by atoms with Crippen LogP contribution < -0.4 is 0 Å². The summed E-state index contributed by atoms with van der Waals surface area (Å²) in [6.07, 6.45) is 0. The first-order valence-electron chi connectivity index (χ1n) is 7.07. The van der Waals surface area contributed by atoms with Gasteiger partial charge in [-0.2, -0.15) is 0 Å². The number of hydrogen-bond donors (Lipinski definition) is 0. The Bertz CT molecular complexity index is 823. The average molecular weight is 350 g/mol. The zero-order chi connectivity index (χ0) is 16.3. The summed E-state index contributed by atoms with van der Waals surface area (Å²) < 4.78 is 40.3. The second kappa shape index (κ2) is 6.72. The van der Waals surface area contributed by atoms with E-state index in [-0.39, 0.29) is 10.7 Å². The second-order valence-electron chi connectivity index (χ2n) is 4.93. The topological polar surface area (TPSA) is 49.7 Å². The van der Waals surface area contributed by atoms with Crippen molar-refractivity contribution in [3.05, 3.63) is 66.0 Å². The first kappa shape index (κ1) is 16.0. The van der Waals surface area contributed by atoms with Gasteiger partial charge in [-0.15, -0.1) is 0 Å². The minimum Gasteiger partial charge on any atom is -0.260 e. The van der Waals surface area contributed by atoms with E-state index in [1.165, 1.54) is 22.1 Å². The van der Waals surface area contributed by atoms with Gasteiger partial charge in [-0.25, -0.2) is 17.1 Å². The molecule has 0 amide bonds. The highest BCUT2D eigenvalue weighted by molar-refractivity contribution is 8.14. The van der Waals surface area contributed by atoms with Crippen molar-refractivity contribution in [2.75, 3.05) is 13.1 Å². The molecule has 1 aliphatic rings. The summed E-state index contributed by atoms with van der Waals surface area (Å²) >= 11 is 1.24. The molecule has 0 N–H and O–H groups in total. The van der Waals surface area contributed by atoms with Gasteiger partial charge in [0, 0.05) is 5.75 Å². The molecule has 0 radical (unpaired) electrons. The second-order valence-corrected chi connectivity index (χ2v) is 7.74. The van der Waals surface area contributed by atoms with E-state index < -0.39 is 10.0 Å². The number of sulfonamides is 1. The molecule has 7 heteroatoms. The van der Waals surface area contributed by atoms with Crippen molar-refractivity contribution < 1.29 is 12.8 Å². The number of rotatable bonds is 4. The van der Waals surface area contributed by atoms with Gasteiger partial charge in [0.2, 0.25) is 0 Å². The van der Waals surface area contributed by atoms with E-state index >= 15 is 0 Å². The third-order valence-electron chi connectivity index (χ3n) is 3.41. The van der Waals surface area contributed by atoms with E-state index in [9.17, 15) is 12.8 Å². The zero-order valence-corrected chi connectivity index (χ0v) is 13.9. The van der Waals surface area contributed by atoms with Crippen molar-refractivity contribution >= 4 is 27.0 Å². The van der Waals surface area contributed by atoms with Gasteiger partial charge in [-0.1, -0.05) is 48.2 Å². The molecule has 0 aliphatic carbocycles. The molecule has 1 heterocycles. The van der Waals surface area contributed by atoms with Gasteiger partial charge in [0.15, 0.2) is 5.17 Å². The van der Waals surface area contributed by atoms with Crippen LogP contribution in [0.3, 0.4) is 0 Å². The van der Waals surface area contributed by atoms with Gasteiger partial charge < -0.3 is 0 Å². The van der Waals surface area contributed by atoms with Crippen molar-refractivity contribution in [3.63, 3.8) is 0 Å². The maximum Gasteiger partial charge on any atom is 0.265 e. The quantitative estimate of drug-likeness (QED) is 0.851. The number of benzene rings is 2.